The molecule has 0 atom stereocenters. The maximum absolute atomic E-state index is 12.1. The summed E-state index contributed by atoms with van der Waals surface area (Å²) in [7, 11) is 5.41. The zero-order chi connectivity index (χ0) is 14.5. The number of carbonyl (C=O) groups is 1. The van der Waals surface area contributed by atoms with Gasteiger partial charge in [-0.05, 0) is 36.4 Å². The molecule has 0 aliphatic rings. The highest BCUT2D eigenvalue weighted by atomic mass is 16.5. The Hall–Kier alpha value is -2.56. The van der Waals surface area contributed by atoms with Gasteiger partial charge in [0.2, 0.25) is 0 Å². The Balaban J connectivity index is 2.07. The van der Waals surface area contributed by atoms with Gasteiger partial charge in [0.05, 0.1) is 12.7 Å². The molecule has 1 amide bonds. The molecule has 5 nitrogen and oxygen atoms in total. The van der Waals surface area contributed by atoms with E-state index in [9.17, 15) is 4.79 Å². The first kappa shape index (κ1) is 13.9. The minimum atomic E-state index is -0.187. The number of benzene rings is 1. The molecule has 0 fully saturated rings. The Bertz CT molecular complexity index is 577. The van der Waals surface area contributed by atoms with E-state index in [1.807, 2.05) is 25.1 Å². The highest BCUT2D eigenvalue weighted by Crippen LogP contribution is 2.16. The number of nitrogens with zero attached hydrogens (tertiary/aromatic N) is 2. The van der Waals surface area contributed by atoms with E-state index in [0.29, 0.717) is 11.3 Å². The molecule has 2 rings (SSSR count). The smallest absolute Gasteiger partial charge is 0.257 e. The van der Waals surface area contributed by atoms with Gasteiger partial charge in [0.15, 0.2) is 0 Å². The van der Waals surface area contributed by atoms with Crippen molar-refractivity contribution in [1.82, 2.24) is 4.98 Å². The first-order chi connectivity index (χ1) is 9.60. The first-order valence-corrected chi connectivity index (χ1v) is 6.19. The number of methoxy groups -OCH3 is 1. The van der Waals surface area contributed by atoms with Crippen LogP contribution in [0.3, 0.4) is 0 Å². The molecule has 0 saturated carbocycles. The molecule has 1 aromatic heterocycles. The third kappa shape index (κ3) is 3.26. The van der Waals surface area contributed by atoms with Crippen LogP contribution in [0.2, 0.25) is 0 Å². The summed E-state index contributed by atoms with van der Waals surface area (Å²) in [5, 5.41) is 2.81. The Morgan fingerprint density at radius 3 is 2.35 bits per heavy atom. The van der Waals surface area contributed by atoms with Crippen LogP contribution in [-0.4, -0.2) is 32.1 Å². The number of carbonyl (C=O) groups excluding carboxylic acids is 1. The number of nitrogens with one attached hydrogen (secondary N) is 1. The molecule has 0 aliphatic heterocycles. The average molecular weight is 271 g/mol. The standard InChI is InChI=1S/C15H17N3O2/c1-18(2)14-9-4-11(10-16-14)15(19)17-12-5-7-13(20-3)8-6-12/h4-10H,1-3H3,(H,17,19). The molecular formula is C15H17N3O2. The van der Waals surface area contributed by atoms with E-state index in [0.717, 1.165) is 11.6 Å². The van der Waals surface area contributed by atoms with Crippen molar-refractivity contribution in [3.05, 3.63) is 48.2 Å². The minimum absolute atomic E-state index is 0.187. The van der Waals surface area contributed by atoms with Crippen molar-refractivity contribution >= 4 is 17.4 Å². The molecule has 20 heavy (non-hydrogen) atoms. The average Bonchev–Trinajstić information content (AvgIpc) is 2.48. The maximum Gasteiger partial charge on any atom is 0.257 e. The Morgan fingerprint density at radius 2 is 1.85 bits per heavy atom. The summed E-state index contributed by atoms with van der Waals surface area (Å²) in [5.74, 6) is 1.37. The summed E-state index contributed by atoms with van der Waals surface area (Å²) in [6.45, 7) is 0. The predicted molar refractivity (Wildman–Crippen MR) is 79.5 cm³/mol. The minimum Gasteiger partial charge on any atom is -0.497 e. The number of hydrogen-bond acceptors (Lipinski definition) is 4. The van der Waals surface area contributed by atoms with Crippen LogP contribution < -0.4 is 15.0 Å². The number of rotatable bonds is 4. The largest absolute Gasteiger partial charge is 0.497 e. The van der Waals surface area contributed by atoms with Crippen molar-refractivity contribution in [2.75, 3.05) is 31.4 Å². The normalized spacial score (nSPS) is 9.95. The molecular weight excluding hydrogens is 254 g/mol. The lowest BCUT2D eigenvalue weighted by Gasteiger charge is -2.11. The molecule has 0 saturated heterocycles. The van der Waals surface area contributed by atoms with Crippen LogP contribution in [0.15, 0.2) is 42.6 Å². The van der Waals surface area contributed by atoms with Gasteiger partial charge in [-0.2, -0.15) is 0 Å². The van der Waals surface area contributed by atoms with Crippen molar-refractivity contribution in [3.8, 4) is 5.75 Å². The highest BCUT2D eigenvalue weighted by molar-refractivity contribution is 6.04. The van der Waals surface area contributed by atoms with E-state index in [2.05, 4.69) is 10.3 Å². The van der Waals surface area contributed by atoms with Crippen LogP contribution in [0.1, 0.15) is 10.4 Å². The lowest BCUT2D eigenvalue weighted by Crippen LogP contribution is -2.14. The van der Waals surface area contributed by atoms with Gasteiger partial charge in [0.25, 0.3) is 5.91 Å². The molecule has 0 radical (unpaired) electrons. The quantitative estimate of drug-likeness (QED) is 0.927. The van der Waals surface area contributed by atoms with Gasteiger partial charge in [0.1, 0.15) is 11.6 Å². The zero-order valence-corrected chi connectivity index (χ0v) is 11.8. The van der Waals surface area contributed by atoms with E-state index in [1.165, 1.54) is 0 Å². The van der Waals surface area contributed by atoms with Crippen LogP contribution in [0.4, 0.5) is 11.5 Å². The number of hydrogen-bond donors (Lipinski definition) is 1. The summed E-state index contributed by atoms with van der Waals surface area (Å²) < 4.78 is 5.07. The summed E-state index contributed by atoms with van der Waals surface area (Å²) in [5.41, 5.74) is 1.24. The van der Waals surface area contributed by atoms with E-state index in [-0.39, 0.29) is 5.91 Å². The van der Waals surface area contributed by atoms with Gasteiger partial charge in [-0.3, -0.25) is 4.79 Å². The zero-order valence-electron chi connectivity index (χ0n) is 11.8. The Kier molecular flexibility index (Phi) is 4.20. The first-order valence-electron chi connectivity index (χ1n) is 6.19. The van der Waals surface area contributed by atoms with E-state index in [1.54, 1.807) is 43.6 Å². The molecule has 0 bridgehead atoms. The topological polar surface area (TPSA) is 54.5 Å². The predicted octanol–water partition coefficient (Wildman–Crippen LogP) is 2.41. The third-order valence-electron chi connectivity index (χ3n) is 2.82. The van der Waals surface area contributed by atoms with Gasteiger partial charge in [-0.15, -0.1) is 0 Å². The summed E-state index contributed by atoms with van der Waals surface area (Å²) in [6.07, 6.45) is 1.56. The van der Waals surface area contributed by atoms with Crippen molar-refractivity contribution in [2.45, 2.75) is 0 Å². The lowest BCUT2D eigenvalue weighted by atomic mass is 10.2. The highest BCUT2D eigenvalue weighted by Gasteiger charge is 2.07. The fraction of sp³-hybridized carbons (Fsp3) is 0.200. The lowest BCUT2D eigenvalue weighted by molar-refractivity contribution is 0.102. The van der Waals surface area contributed by atoms with Crippen LogP contribution in [-0.2, 0) is 0 Å². The molecule has 5 heteroatoms. The molecule has 104 valence electrons. The summed E-state index contributed by atoms with van der Waals surface area (Å²) >= 11 is 0. The Labute approximate surface area is 118 Å². The summed E-state index contributed by atoms with van der Waals surface area (Å²) in [6, 6.07) is 10.7. The van der Waals surface area contributed by atoms with Gasteiger partial charge >= 0.3 is 0 Å². The second-order valence-electron chi connectivity index (χ2n) is 4.48. The van der Waals surface area contributed by atoms with Crippen molar-refractivity contribution in [3.63, 3.8) is 0 Å². The fourth-order valence-electron chi connectivity index (χ4n) is 1.66. The second kappa shape index (κ2) is 6.06. The van der Waals surface area contributed by atoms with Crippen molar-refractivity contribution in [2.24, 2.45) is 0 Å². The number of pyridine rings is 1. The van der Waals surface area contributed by atoms with Crippen molar-refractivity contribution < 1.29 is 9.53 Å². The number of amides is 1. The van der Waals surface area contributed by atoms with Crippen LogP contribution in [0, 0.1) is 0 Å². The molecule has 1 aromatic carbocycles. The molecule has 1 N–H and O–H groups in total. The van der Waals surface area contributed by atoms with Crippen LogP contribution >= 0.6 is 0 Å². The number of anilines is 2. The summed E-state index contributed by atoms with van der Waals surface area (Å²) in [4.78, 5) is 18.1. The maximum atomic E-state index is 12.1. The molecule has 0 spiro atoms. The SMILES string of the molecule is COc1ccc(NC(=O)c2ccc(N(C)C)nc2)cc1. The van der Waals surface area contributed by atoms with E-state index >= 15 is 0 Å². The van der Waals surface area contributed by atoms with Crippen LogP contribution in [0.25, 0.3) is 0 Å². The molecule has 1 heterocycles. The van der Waals surface area contributed by atoms with Gasteiger partial charge in [0, 0.05) is 26.0 Å². The molecule has 2 aromatic rings. The fourth-order valence-corrected chi connectivity index (χ4v) is 1.66. The van der Waals surface area contributed by atoms with E-state index in [4.69, 9.17) is 4.74 Å². The van der Waals surface area contributed by atoms with E-state index < -0.39 is 0 Å². The molecule has 0 aliphatic carbocycles. The monoisotopic (exact) mass is 271 g/mol. The number of ether oxygens (including phenoxy) is 1. The van der Waals surface area contributed by atoms with Gasteiger partial charge in [-0.1, -0.05) is 0 Å². The second-order valence-corrected chi connectivity index (χ2v) is 4.48. The number of aromatic nitrogens is 1. The Morgan fingerprint density at radius 1 is 1.15 bits per heavy atom. The molecule has 0 unspecified atom stereocenters. The van der Waals surface area contributed by atoms with Gasteiger partial charge in [-0.25, -0.2) is 4.98 Å². The van der Waals surface area contributed by atoms with Crippen LogP contribution in [0.5, 0.6) is 5.75 Å². The van der Waals surface area contributed by atoms with Crippen molar-refractivity contribution in [1.29, 1.82) is 0 Å². The third-order valence-corrected chi connectivity index (χ3v) is 2.82. The van der Waals surface area contributed by atoms with Gasteiger partial charge < -0.3 is 15.0 Å².